The van der Waals surface area contributed by atoms with Crippen molar-refractivity contribution >= 4 is 11.0 Å². The van der Waals surface area contributed by atoms with Gasteiger partial charge >= 0.3 is 0 Å². The van der Waals surface area contributed by atoms with Gasteiger partial charge in [-0.05, 0) is 36.6 Å². The number of fused-ring (bicyclic) bond motifs is 2. The zero-order valence-electron chi connectivity index (χ0n) is 13.7. The molecule has 24 heavy (non-hydrogen) atoms. The van der Waals surface area contributed by atoms with E-state index in [0.29, 0.717) is 11.0 Å². The lowest BCUT2D eigenvalue weighted by molar-refractivity contribution is 0.219. The predicted molar refractivity (Wildman–Crippen MR) is 93.9 cm³/mol. The Kier molecular flexibility index (Phi) is 3.86. The van der Waals surface area contributed by atoms with Crippen LogP contribution in [-0.4, -0.2) is 32.5 Å². The Morgan fingerprint density at radius 1 is 1.12 bits per heavy atom. The van der Waals surface area contributed by atoms with E-state index < -0.39 is 0 Å². The Bertz CT molecular complexity index is 934. The van der Waals surface area contributed by atoms with Crippen molar-refractivity contribution in [1.29, 1.82) is 0 Å². The third-order valence-corrected chi connectivity index (χ3v) is 4.75. The van der Waals surface area contributed by atoms with E-state index in [1.807, 2.05) is 6.07 Å². The lowest BCUT2D eigenvalue weighted by Gasteiger charge is -2.31. The summed E-state index contributed by atoms with van der Waals surface area (Å²) >= 11 is 0. The summed E-state index contributed by atoms with van der Waals surface area (Å²) in [5.41, 5.74) is 3.86. The largest absolute Gasteiger partial charge is 0.297 e. The van der Waals surface area contributed by atoms with Crippen LogP contribution >= 0.6 is 0 Å². The Hall–Kier alpha value is -2.53. The van der Waals surface area contributed by atoms with Crippen molar-refractivity contribution in [2.45, 2.75) is 25.9 Å². The van der Waals surface area contributed by atoms with Gasteiger partial charge in [0.15, 0.2) is 5.52 Å². The molecule has 0 saturated heterocycles. The minimum atomic E-state index is -0.0643. The van der Waals surface area contributed by atoms with Crippen LogP contribution in [0.1, 0.15) is 24.1 Å². The average Bonchev–Trinajstić information content (AvgIpc) is 2.62. The van der Waals surface area contributed by atoms with Crippen LogP contribution < -0.4 is 5.56 Å². The molecule has 0 radical (unpaired) electrons. The molecule has 0 aliphatic carbocycles. The van der Waals surface area contributed by atoms with Crippen LogP contribution in [0.25, 0.3) is 11.0 Å². The van der Waals surface area contributed by atoms with Crippen LogP contribution in [0, 0.1) is 0 Å². The summed E-state index contributed by atoms with van der Waals surface area (Å²) in [7, 11) is 0. The van der Waals surface area contributed by atoms with Gasteiger partial charge in [-0.3, -0.25) is 14.3 Å². The zero-order chi connectivity index (χ0) is 16.5. The van der Waals surface area contributed by atoms with Crippen molar-refractivity contribution in [2.24, 2.45) is 0 Å². The number of hydrogen-bond acceptors (Lipinski definition) is 4. The lowest BCUT2D eigenvalue weighted by atomic mass is 10.00. The Morgan fingerprint density at radius 3 is 2.83 bits per heavy atom. The van der Waals surface area contributed by atoms with Crippen LogP contribution in [0.5, 0.6) is 0 Å². The normalized spacial score (nSPS) is 16.0. The molecule has 0 spiro atoms. The van der Waals surface area contributed by atoms with Crippen molar-refractivity contribution in [3.63, 3.8) is 0 Å². The second-order valence-electron chi connectivity index (χ2n) is 6.43. The second kappa shape index (κ2) is 6.17. The van der Waals surface area contributed by atoms with Crippen LogP contribution in [0.15, 0.2) is 53.7 Å². The molecule has 1 aliphatic heterocycles. The smallest absolute Gasteiger partial charge is 0.280 e. The molecule has 1 aliphatic rings. The number of pyridine rings is 1. The first-order chi connectivity index (χ1) is 11.7. The van der Waals surface area contributed by atoms with Crippen molar-refractivity contribution in [2.75, 3.05) is 13.1 Å². The van der Waals surface area contributed by atoms with E-state index in [1.165, 1.54) is 11.1 Å². The highest BCUT2D eigenvalue weighted by atomic mass is 16.1. The van der Waals surface area contributed by atoms with Gasteiger partial charge in [0.2, 0.25) is 0 Å². The molecule has 3 aromatic rings. The van der Waals surface area contributed by atoms with E-state index >= 15 is 0 Å². The van der Waals surface area contributed by atoms with Crippen molar-refractivity contribution < 1.29 is 0 Å². The summed E-state index contributed by atoms with van der Waals surface area (Å²) in [6, 6.07) is 12.3. The van der Waals surface area contributed by atoms with E-state index in [2.05, 4.69) is 46.1 Å². The number of benzene rings is 1. The second-order valence-corrected chi connectivity index (χ2v) is 6.43. The number of aromatic nitrogens is 3. The molecule has 1 aromatic carbocycles. The van der Waals surface area contributed by atoms with Gasteiger partial charge in [-0.1, -0.05) is 24.3 Å². The van der Waals surface area contributed by atoms with Gasteiger partial charge < -0.3 is 0 Å². The maximum absolute atomic E-state index is 12.7. The molecule has 1 unspecified atom stereocenters. The first-order valence-corrected chi connectivity index (χ1v) is 8.33. The van der Waals surface area contributed by atoms with Crippen LogP contribution in [0.2, 0.25) is 0 Å². The average molecular weight is 320 g/mol. The fraction of sp³-hybridized carbons (Fsp3) is 0.316. The summed E-state index contributed by atoms with van der Waals surface area (Å²) in [6.45, 7) is 4.86. The van der Waals surface area contributed by atoms with Crippen molar-refractivity contribution in [1.82, 2.24) is 19.4 Å². The van der Waals surface area contributed by atoms with Crippen molar-refractivity contribution in [3.05, 3.63) is 70.4 Å². The highest BCUT2D eigenvalue weighted by Crippen LogP contribution is 2.20. The molecule has 0 amide bonds. The van der Waals surface area contributed by atoms with E-state index in [-0.39, 0.29) is 11.6 Å². The highest BCUT2D eigenvalue weighted by molar-refractivity contribution is 5.71. The van der Waals surface area contributed by atoms with Crippen molar-refractivity contribution in [3.8, 4) is 0 Å². The molecule has 2 aromatic heterocycles. The quantitative estimate of drug-likeness (QED) is 0.744. The Balaban J connectivity index is 1.56. The fourth-order valence-corrected chi connectivity index (χ4v) is 3.45. The molecular formula is C19H20N4O. The van der Waals surface area contributed by atoms with Gasteiger partial charge in [-0.15, -0.1) is 0 Å². The Labute approximate surface area is 140 Å². The lowest BCUT2D eigenvalue weighted by Crippen LogP contribution is -2.37. The first-order valence-electron chi connectivity index (χ1n) is 8.33. The summed E-state index contributed by atoms with van der Waals surface area (Å²) in [6.07, 6.45) is 4.35. The zero-order valence-corrected chi connectivity index (χ0v) is 13.7. The maximum Gasteiger partial charge on any atom is 0.280 e. The van der Waals surface area contributed by atoms with E-state index in [9.17, 15) is 4.79 Å². The summed E-state index contributed by atoms with van der Waals surface area (Å²) in [4.78, 5) is 23.6. The van der Waals surface area contributed by atoms with Gasteiger partial charge in [-0.25, -0.2) is 9.97 Å². The minimum Gasteiger partial charge on any atom is -0.297 e. The molecule has 4 rings (SSSR count). The molecule has 1 atom stereocenters. The fourth-order valence-electron chi connectivity index (χ4n) is 3.45. The molecule has 0 fully saturated rings. The van der Waals surface area contributed by atoms with Gasteiger partial charge in [0.25, 0.3) is 5.56 Å². The molecule has 122 valence electrons. The molecule has 0 bridgehead atoms. The third kappa shape index (κ3) is 2.71. The van der Waals surface area contributed by atoms with Crippen LogP contribution in [0.4, 0.5) is 0 Å². The highest BCUT2D eigenvalue weighted by Gasteiger charge is 2.19. The van der Waals surface area contributed by atoms with E-state index in [1.54, 1.807) is 23.2 Å². The standard InChI is InChI=1S/C19H20N4O/c1-14(11-22-10-8-15-5-2-3-6-16(15)12-22)23-13-21-17-7-4-9-20-18(17)19(23)24/h2-7,9,13-14H,8,10-12H2,1H3. The summed E-state index contributed by atoms with van der Waals surface area (Å²) < 4.78 is 1.70. The third-order valence-electron chi connectivity index (χ3n) is 4.75. The molecule has 5 nitrogen and oxygen atoms in total. The Morgan fingerprint density at radius 2 is 1.96 bits per heavy atom. The van der Waals surface area contributed by atoms with Crippen LogP contribution in [0.3, 0.4) is 0 Å². The summed E-state index contributed by atoms with van der Waals surface area (Å²) in [5, 5.41) is 0. The van der Waals surface area contributed by atoms with Crippen LogP contribution in [-0.2, 0) is 13.0 Å². The topological polar surface area (TPSA) is 51.0 Å². The molecule has 0 saturated carbocycles. The molecule has 5 heteroatoms. The summed E-state index contributed by atoms with van der Waals surface area (Å²) in [5.74, 6) is 0. The first kappa shape index (κ1) is 15.0. The number of nitrogens with zero attached hydrogens (tertiary/aromatic N) is 4. The maximum atomic E-state index is 12.7. The van der Waals surface area contributed by atoms with Gasteiger partial charge in [0, 0.05) is 31.9 Å². The van der Waals surface area contributed by atoms with Gasteiger partial charge in [-0.2, -0.15) is 0 Å². The molecular weight excluding hydrogens is 300 g/mol. The monoisotopic (exact) mass is 320 g/mol. The molecule has 0 N–H and O–H groups in total. The number of rotatable bonds is 3. The SMILES string of the molecule is CC(CN1CCc2ccccc2C1)n1cnc2cccnc2c1=O. The minimum absolute atomic E-state index is 0.0571. The van der Waals surface area contributed by atoms with Gasteiger partial charge in [0.1, 0.15) is 0 Å². The molecule has 3 heterocycles. The van der Waals surface area contributed by atoms with E-state index in [0.717, 1.165) is 26.1 Å². The predicted octanol–water partition coefficient (Wildman–Crippen LogP) is 2.41. The number of hydrogen-bond donors (Lipinski definition) is 0. The van der Waals surface area contributed by atoms with Gasteiger partial charge in [0.05, 0.1) is 11.8 Å². The van der Waals surface area contributed by atoms with E-state index in [4.69, 9.17) is 0 Å².